The van der Waals surface area contributed by atoms with Crippen molar-refractivity contribution in [2.75, 3.05) is 13.1 Å². The van der Waals surface area contributed by atoms with Crippen LogP contribution in [0, 0.1) is 6.92 Å². The monoisotopic (exact) mass is 259 g/mol. The maximum Gasteiger partial charge on any atom is 0.268 e. The number of aromatic nitrogens is 1. The van der Waals surface area contributed by atoms with Crippen LogP contribution in [-0.4, -0.2) is 36.2 Å². The minimum atomic E-state index is -1.04. The molecule has 1 aromatic rings. The van der Waals surface area contributed by atoms with E-state index in [0.717, 1.165) is 12.2 Å². The van der Waals surface area contributed by atoms with Crippen molar-refractivity contribution in [3.8, 4) is 0 Å². The summed E-state index contributed by atoms with van der Waals surface area (Å²) in [5.74, 6) is -0.311. The highest BCUT2D eigenvalue weighted by atomic mass is 35.5. The van der Waals surface area contributed by atoms with Gasteiger partial charge in [-0.25, -0.2) is 4.39 Å². The summed E-state index contributed by atoms with van der Waals surface area (Å²) in [6.07, 6.45) is -0.445. The maximum atomic E-state index is 13.5. The number of alkyl halides is 1. The summed E-state index contributed by atoms with van der Waals surface area (Å²) in [5.41, 5.74) is 1.11. The van der Waals surface area contributed by atoms with Gasteiger partial charge in [-0.1, -0.05) is 11.6 Å². The maximum absolute atomic E-state index is 13.5. The van der Waals surface area contributed by atoms with Crippen molar-refractivity contribution in [2.24, 2.45) is 0 Å². The van der Waals surface area contributed by atoms with Gasteiger partial charge in [-0.15, -0.1) is 0 Å². The van der Waals surface area contributed by atoms with E-state index in [2.05, 4.69) is 15.6 Å². The van der Waals surface area contributed by atoms with Crippen molar-refractivity contribution in [1.82, 2.24) is 15.6 Å². The third-order valence-electron chi connectivity index (χ3n) is 2.92. The van der Waals surface area contributed by atoms with Gasteiger partial charge < -0.3 is 15.6 Å². The summed E-state index contributed by atoms with van der Waals surface area (Å²) in [6.45, 7) is 2.78. The van der Waals surface area contributed by atoms with E-state index in [4.69, 9.17) is 11.6 Å². The van der Waals surface area contributed by atoms with Crippen LogP contribution in [0.25, 0.3) is 0 Å². The van der Waals surface area contributed by atoms with Crippen LogP contribution in [-0.2, 0) is 0 Å². The lowest BCUT2D eigenvalue weighted by atomic mass is 10.0. The Hall–Kier alpha value is -1.07. The number of hydrogen-bond acceptors (Lipinski definition) is 2. The Labute approximate surface area is 104 Å². The van der Waals surface area contributed by atoms with Gasteiger partial charge in [0.05, 0.1) is 11.1 Å². The quantitative estimate of drug-likeness (QED) is 0.752. The van der Waals surface area contributed by atoms with Gasteiger partial charge in [0.25, 0.3) is 5.91 Å². The molecule has 1 aliphatic heterocycles. The zero-order chi connectivity index (χ0) is 12.4. The zero-order valence-corrected chi connectivity index (χ0v) is 10.3. The number of carbonyl (C=O) groups is 1. The second-order valence-corrected chi connectivity index (χ2v) is 4.65. The summed E-state index contributed by atoms with van der Waals surface area (Å²) < 4.78 is 13.5. The Morgan fingerprint density at radius 3 is 3.00 bits per heavy atom. The lowest BCUT2D eigenvalue weighted by molar-refractivity contribution is 0.0887. The molecular formula is C11H15ClFN3O. The fraction of sp³-hybridized carbons (Fsp3) is 0.545. The lowest BCUT2D eigenvalue weighted by Crippen LogP contribution is -2.50. The highest BCUT2D eigenvalue weighted by Crippen LogP contribution is 2.16. The first kappa shape index (κ1) is 12.4. The van der Waals surface area contributed by atoms with Crippen LogP contribution in [0.4, 0.5) is 4.39 Å². The molecule has 4 nitrogen and oxygen atoms in total. The van der Waals surface area contributed by atoms with Crippen LogP contribution >= 0.6 is 11.6 Å². The molecule has 1 fully saturated rings. The predicted molar refractivity (Wildman–Crippen MR) is 64.2 cm³/mol. The van der Waals surface area contributed by atoms with Crippen molar-refractivity contribution < 1.29 is 9.18 Å². The highest BCUT2D eigenvalue weighted by Gasteiger charge is 2.26. The molecule has 0 saturated carbocycles. The smallest absolute Gasteiger partial charge is 0.268 e. The molecule has 1 saturated heterocycles. The van der Waals surface area contributed by atoms with E-state index in [1.807, 2.05) is 0 Å². The topological polar surface area (TPSA) is 56.9 Å². The van der Waals surface area contributed by atoms with Gasteiger partial charge >= 0.3 is 0 Å². The van der Waals surface area contributed by atoms with Gasteiger partial charge in [-0.2, -0.15) is 0 Å². The summed E-state index contributed by atoms with van der Waals surface area (Å²) >= 11 is 5.85. The van der Waals surface area contributed by atoms with Crippen molar-refractivity contribution in [2.45, 2.75) is 25.6 Å². The Morgan fingerprint density at radius 2 is 2.41 bits per heavy atom. The van der Waals surface area contributed by atoms with Crippen LogP contribution in [0.3, 0.4) is 0 Å². The number of H-pyrrole nitrogens is 1. The molecule has 2 rings (SSSR count). The highest BCUT2D eigenvalue weighted by molar-refractivity contribution is 6.31. The molecule has 0 aromatic carbocycles. The average molecular weight is 260 g/mol. The van der Waals surface area contributed by atoms with Crippen molar-refractivity contribution in [3.05, 3.63) is 22.5 Å². The molecular weight excluding hydrogens is 245 g/mol. The number of amides is 1. The molecule has 0 bridgehead atoms. The molecule has 2 heterocycles. The number of carbonyl (C=O) groups excluding carboxylic acids is 1. The first-order chi connectivity index (χ1) is 8.08. The largest absolute Gasteiger partial charge is 0.353 e. The Kier molecular flexibility index (Phi) is 3.69. The second-order valence-electron chi connectivity index (χ2n) is 4.24. The number of nitrogens with one attached hydrogen (secondary N) is 3. The van der Waals surface area contributed by atoms with E-state index in [1.54, 1.807) is 13.0 Å². The molecule has 2 atom stereocenters. The molecule has 3 N–H and O–H groups in total. The van der Waals surface area contributed by atoms with Gasteiger partial charge in [0.2, 0.25) is 0 Å². The lowest BCUT2D eigenvalue weighted by Gasteiger charge is -2.27. The van der Waals surface area contributed by atoms with Crippen LogP contribution in [0.1, 0.15) is 22.6 Å². The summed E-state index contributed by atoms with van der Waals surface area (Å²) in [7, 11) is 0. The average Bonchev–Trinajstić information content (AvgIpc) is 2.63. The normalized spacial score (nSPS) is 24.6. The summed E-state index contributed by atoms with van der Waals surface area (Å²) in [5, 5.41) is 6.13. The summed E-state index contributed by atoms with van der Waals surface area (Å²) in [4.78, 5) is 14.7. The van der Waals surface area contributed by atoms with E-state index >= 15 is 0 Å². The molecule has 1 aliphatic rings. The van der Waals surface area contributed by atoms with Gasteiger partial charge in [-0.05, 0) is 26.0 Å². The van der Waals surface area contributed by atoms with Gasteiger partial charge in [0.1, 0.15) is 11.9 Å². The SMILES string of the molecule is Cc1[nH]c(C(=O)N[C@@H]2CCNC[C@H]2F)cc1Cl. The summed E-state index contributed by atoms with van der Waals surface area (Å²) in [6, 6.07) is 1.13. The first-order valence-electron chi connectivity index (χ1n) is 5.58. The molecule has 6 heteroatoms. The molecule has 1 amide bonds. The number of halogens is 2. The molecule has 94 valence electrons. The molecule has 0 unspecified atom stereocenters. The van der Waals surface area contributed by atoms with Crippen LogP contribution in [0.2, 0.25) is 5.02 Å². The Bertz CT molecular complexity index is 401. The van der Waals surface area contributed by atoms with Gasteiger partial charge in [0, 0.05) is 12.2 Å². The minimum Gasteiger partial charge on any atom is -0.353 e. The second kappa shape index (κ2) is 5.06. The van der Waals surface area contributed by atoms with Gasteiger partial charge in [0.15, 0.2) is 0 Å². The molecule has 0 aliphatic carbocycles. The Balaban J connectivity index is 2.01. The zero-order valence-electron chi connectivity index (χ0n) is 9.52. The first-order valence-corrected chi connectivity index (χ1v) is 5.96. The minimum absolute atomic E-state index is 0.287. The standard InChI is InChI=1S/C11H15ClFN3O/c1-6-7(12)4-10(15-6)11(17)16-9-2-3-14-5-8(9)13/h4,8-9,14-15H,2-3,5H2,1H3,(H,16,17)/t8-,9-/m1/s1. The van der Waals surface area contributed by atoms with Crippen molar-refractivity contribution in [3.63, 3.8) is 0 Å². The molecule has 0 radical (unpaired) electrons. The van der Waals surface area contributed by atoms with E-state index in [1.165, 1.54) is 0 Å². The van der Waals surface area contributed by atoms with E-state index in [0.29, 0.717) is 17.1 Å². The van der Waals surface area contributed by atoms with E-state index < -0.39 is 12.2 Å². The number of piperidine rings is 1. The third-order valence-corrected chi connectivity index (χ3v) is 3.31. The number of hydrogen-bond donors (Lipinski definition) is 3. The fourth-order valence-electron chi connectivity index (χ4n) is 1.88. The van der Waals surface area contributed by atoms with Crippen LogP contribution in [0.15, 0.2) is 6.07 Å². The third kappa shape index (κ3) is 2.79. The molecule has 1 aromatic heterocycles. The number of aryl methyl sites for hydroxylation is 1. The van der Waals surface area contributed by atoms with E-state index in [9.17, 15) is 9.18 Å². The van der Waals surface area contributed by atoms with Crippen molar-refractivity contribution >= 4 is 17.5 Å². The van der Waals surface area contributed by atoms with E-state index in [-0.39, 0.29) is 12.5 Å². The Morgan fingerprint density at radius 1 is 1.65 bits per heavy atom. The van der Waals surface area contributed by atoms with Crippen molar-refractivity contribution in [1.29, 1.82) is 0 Å². The molecule has 0 spiro atoms. The molecule has 17 heavy (non-hydrogen) atoms. The van der Waals surface area contributed by atoms with Crippen LogP contribution < -0.4 is 10.6 Å². The number of rotatable bonds is 2. The number of aromatic amines is 1. The fourth-order valence-corrected chi connectivity index (χ4v) is 2.04. The predicted octanol–water partition coefficient (Wildman–Crippen LogP) is 1.41. The van der Waals surface area contributed by atoms with Crippen LogP contribution in [0.5, 0.6) is 0 Å². The van der Waals surface area contributed by atoms with Gasteiger partial charge in [-0.3, -0.25) is 4.79 Å².